The van der Waals surface area contributed by atoms with Gasteiger partial charge >= 0.3 is 6.03 Å². The van der Waals surface area contributed by atoms with Gasteiger partial charge in [0.05, 0.1) is 5.69 Å². The van der Waals surface area contributed by atoms with E-state index >= 15 is 0 Å². The average Bonchev–Trinajstić information content (AvgIpc) is 2.91. The molecule has 3 rings (SSSR count). The van der Waals surface area contributed by atoms with E-state index in [4.69, 9.17) is 0 Å². The van der Waals surface area contributed by atoms with Crippen LogP contribution < -0.4 is 10.6 Å². The Bertz CT molecular complexity index is 812. The third kappa shape index (κ3) is 3.89. The van der Waals surface area contributed by atoms with E-state index in [-0.39, 0.29) is 6.03 Å². The number of benzene rings is 2. The van der Waals surface area contributed by atoms with Crippen LogP contribution in [0, 0.1) is 3.57 Å². The second-order valence-electron chi connectivity index (χ2n) is 4.99. The van der Waals surface area contributed by atoms with Gasteiger partial charge in [-0.2, -0.15) is 5.10 Å². The Hall–Kier alpha value is -2.35. The van der Waals surface area contributed by atoms with Crippen LogP contribution in [0.1, 0.15) is 0 Å². The molecule has 23 heavy (non-hydrogen) atoms. The van der Waals surface area contributed by atoms with E-state index in [0.717, 1.165) is 20.5 Å². The zero-order valence-electron chi connectivity index (χ0n) is 12.5. The summed E-state index contributed by atoms with van der Waals surface area (Å²) in [6.45, 7) is 0. The highest BCUT2D eigenvalue weighted by Crippen LogP contribution is 2.21. The maximum absolute atomic E-state index is 12.1. The lowest BCUT2D eigenvalue weighted by atomic mass is 10.1. The number of aromatic nitrogens is 2. The van der Waals surface area contributed by atoms with E-state index in [1.165, 1.54) is 0 Å². The van der Waals surface area contributed by atoms with E-state index in [1.807, 2.05) is 67.7 Å². The number of aryl methyl sites for hydroxylation is 1. The Morgan fingerprint density at radius 2 is 1.74 bits per heavy atom. The maximum Gasteiger partial charge on any atom is 0.324 e. The Morgan fingerprint density at radius 1 is 1.04 bits per heavy atom. The van der Waals surface area contributed by atoms with Crippen LogP contribution in [-0.2, 0) is 7.05 Å². The number of carbonyl (C=O) groups is 1. The molecule has 0 spiro atoms. The summed E-state index contributed by atoms with van der Waals surface area (Å²) in [5.41, 5.74) is 2.73. The van der Waals surface area contributed by atoms with Crippen LogP contribution in [-0.4, -0.2) is 15.8 Å². The number of nitrogens with zero attached hydrogens (tertiary/aromatic N) is 2. The molecule has 0 aliphatic carbocycles. The second kappa shape index (κ2) is 6.82. The van der Waals surface area contributed by atoms with Gasteiger partial charge in [-0.3, -0.25) is 10.00 Å². The fraction of sp³-hybridized carbons (Fsp3) is 0.0588. The van der Waals surface area contributed by atoms with Crippen LogP contribution in [0.15, 0.2) is 60.7 Å². The number of rotatable bonds is 3. The summed E-state index contributed by atoms with van der Waals surface area (Å²) < 4.78 is 2.86. The maximum atomic E-state index is 12.1. The summed E-state index contributed by atoms with van der Waals surface area (Å²) in [6.07, 6.45) is 0. The summed E-state index contributed by atoms with van der Waals surface area (Å²) in [5.74, 6) is 0.509. The number of nitrogens with one attached hydrogen (secondary N) is 2. The predicted molar refractivity (Wildman–Crippen MR) is 100 cm³/mol. The van der Waals surface area contributed by atoms with Gasteiger partial charge in [-0.25, -0.2) is 4.79 Å². The first-order valence-corrected chi connectivity index (χ1v) is 8.13. The van der Waals surface area contributed by atoms with Gasteiger partial charge < -0.3 is 5.32 Å². The number of carbonyl (C=O) groups excluding carboxylic acids is 1. The number of hydrogen-bond donors (Lipinski definition) is 2. The molecule has 0 aliphatic rings. The zero-order chi connectivity index (χ0) is 16.2. The summed E-state index contributed by atoms with van der Waals surface area (Å²) in [7, 11) is 1.85. The monoisotopic (exact) mass is 418 g/mol. The molecule has 3 aromatic rings. The van der Waals surface area contributed by atoms with Crippen LogP contribution in [0.2, 0.25) is 0 Å². The molecule has 0 aliphatic heterocycles. The lowest BCUT2D eigenvalue weighted by molar-refractivity contribution is 0.262. The Labute approximate surface area is 147 Å². The predicted octanol–water partition coefficient (Wildman–Crippen LogP) is 4.34. The van der Waals surface area contributed by atoms with Crippen LogP contribution in [0.3, 0.4) is 0 Å². The highest BCUT2D eigenvalue weighted by Gasteiger charge is 2.10. The molecule has 116 valence electrons. The third-order valence-electron chi connectivity index (χ3n) is 3.29. The first-order valence-electron chi connectivity index (χ1n) is 7.05. The largest absolute Gasteiger partial charge is 0.324 e. The van der Waals surface area contributed by atoms with Crippen molar-refractivity contribution in [2.75, 3.05) is 10.6 Å². The Kier molecular flexibility index (Phi) is 4.61. The van der Waals surface area contributed by atoms with Gasteiger partial charge in [0.25, 0.3) is 0 Å². The second-order valence-corrected chi connectivity index (χ2v) is 6.24. The van der Waals surface area contributed by atoms with Crippen molar-refractivity contribution in [1.29, 1.82) is 0 Å². The van der Waals surface area contributed by atoms with Crippen LogP contribution in [0.4, 0.5) is 16.3 Å². The van der Waals surface area contributed by atoms with Crippen molar-refractivity contribution in [2.24, 2.45) is 7.05 Å². The molecule has 1 aromatic heterocycles. The number of amides is 2. The summed E-state index contributed by atoms with van der Waals surface area (Å²) >= 11 is 2.22. The van der Waals surface area contributed by atoms with Gasteiger partial charge in [0.1, 0.15) is 0 Å². The topological polar surface area (TPSA) is 59.0 Å². The smallest absolute Gasteiger partial charge is 0.308 e. The average molecular weight is 418 g/mol. The highest BCUT2D eigenvalue weighted by atomic mass is 127. The van der Waals surface area contributed by atoms with E-state index in [0.29, 0.717) is 5.82 Å². The standard InChI is InChI=1S/C17H15IN4O/c1-22-15(12-5-3-2-4-6-12)11-16(21-22)20-17(23)19-14-9-7-13(18)8-10-14/h2-11H,1H3,(H2,19,20,21,23). The molecular formula is C17H15IN4O. The summed E-state index contributed by atoms with van der Waals surface area (Å²) in [6, 6.07) is 19.0. The summed E-state index contributed by atoms with van der Waals surface area (Å²) in [4.78, 5) is 12.1. The minimum absolute atomic E-state index is 0.316. The molecule has 0 atom stereocenters. The molecule has 2 aromatic carbocycles. The molecule has 2 N–H and O–H groups in total. The molecule has 0 bridgehead atoms. The van der Waals surface area contributed by atoms with Gasteiger partial charge in [0.2, 0.25) is 0 Å². The van der Waals surface area contributed by atoms with Gasteiger partial charge in [-0.1, -0.05) is 30.3 Å². The van der Waals surface area contributed by atoms with Crippen molar-refractivity contribution in [2.45, 2.75) is 0 Å². The third-order valence-corrected chi connectivity index (χ3v) is 4.01. The minimum atomic E-state index is -0.316. The quantitative estimate of drug-likeness (QED) is 0.622. The van der Waals surface area contributed by atoms with Crippen molar-refractivity contribution in [3.63, 3.8) is 0 Å². The number of anilines is 2. The fourth-order valence-corrected chi connectivity index (χ4v) is 2.58. The molecule has 5 nitrogen and oxygen atoms in total. The molecule has 6 heteroatoms. The van der Waals surface area contributed by atoms with E-state index in [9.17, 15) is 4.79 Å². The lowest BCUT2D eigenvalue weighted by Crippen LogP contribution is -2.19. The Morgan fingerprint density at radius 3 is 2.43 bits per heavy atom. The zero-order valence-corrected chi connectivity index (χ0v) is 14.6. The van der Waals surface area contributed by atoms with Crippen LogP contribution >= 0.6 is 22.6 Å². The highest BCUT2D eigenvalue weighted by molar-refractivity contribution is 14.1. The first-order chi connectivity index (χ1) is 11.1. The van der Waals surface area contributed by atoms with E-state index in [2.05, 4.69) is 38.3 Å². The van der Waals surface area contributed by atoms with Gasteiger partial charge in [0, 0.05) is 22.4 Å². The Balaban J connectivity index is 1.71. The molecule has 0 saturated heterocycles. The molecule has 0 radical (unpaired) electrons. The van der Waals surface area contributed by atoms with E-state index in [1.54, 1.807) is 4.68 Å². The molecular weight excluding hydrogens is 403 g/mol. The van der Waals surface area contributed by atoms with Crippen molar-refractivity contribution < 1.29 is 4.79 Å². The molecule has 0 saturated carbocycles. The lowest BCUT2D eigenvalue weighted by Gasteiger charge is -2.05. The molecule has 1 heterocycles. The van der Waals surface area contributed by atoms with Gasteiger partial charge in [-0.05, 0) is 52.4 Å². The van der Waals surface area contributed by atoms with Crippen LogP contribution in [0.5, 0.6) is 0 Å². The minimum Gasteiger partial charge on any atom is -0.308 e. The van der Waals surface area contributed by atoms with Crippen molar-refractivity contribution in [1.82, 2.24) is 9.78 Å². The summed E-state index contributed by atoms with van der Waals surface area (Å²) in [5, 5.41) is 9.86. The first kappa shape index (κ1) is 15.5. The van der Waals surface area contributed by atoms with E-state index < -0.39 is 0 Å². The molecule has 0 unspecified atom stereocenters. The van der Waals surface area contributed by atoms with Crippen molar-refractivity contribution in [3.05, 3.63) is 64.2 Å². The van der Waals surface area contributed by atoms with Crippen molar-refractivity contribution in [3.8, 4) is 11.3 Å². The number of hydrogen-bond acceptors (Lipinski definition) is 2. The van der Waals surface area contributed by atoms with Gasteiger partial charge in [-0.15, -0.1) is 0 Å². The normalized spacial score (nSPS) is 10.3. The van der Waals surface area contributed by atoms with Crippen LogP contribution in [0.25, 0.3) is 11.3 Å². The van der Waals surface area contributed by atoms with Gasteiger partial charge in [0.15, 0.2) is 5.82 Å². The SMILES string of the molecule is Cn1nc(NC(=O)Nc2ccc(I)cc2)cc1-c1ccccc1. The molecule has 0 fully saturated rings. The fourth-order valence-electron chi connectivity index (χ4n) is 2.22. The van der Waals surface area contributed by atoms with Crippen molar-refractivity contribution >= 4 is 40.1 Å². The number of halogens is 1. The molecule has 2 amide bonds. The number of urea groups is 1.